The highest BCUT2D eigenvalue weighted by Crippen LogP contribution is 2.34. The lowest BCUT2D eigenvalue weighted by atomic mass is 10.1. The van der Waals surface area contributed by atoms with E-state index in [-0.39, 0.29) is 0 Å². The predicted molar refractivity (Wildman–Crippen MR) is 50.1 cm³/mol. The van der Waals surface area contributed by atoms with Gasteiger partial charge in [-0.05, 0) is 24.1 Å². The van der Waals surface area contributed by atoms with Crippen LogP contribution in [0.25, 0.3) is 0 Å². The third-order valence-electron chi connectivity index (χ3n) is 2.29. The summed E-state index contributed by atoms with van der Waals surface area (Å²) in [6.07, 6.45) is 0. The Labute approximate surface area is 77.5 Å². The van der Waals surface area contributed by atoms with Crippen LogP contribution in [0, 0.1) is 6.92 Å². The van der Waals surface area contributed by atoms with Crippen molar-refractivity contribution in [1.29, 1.82) is 0 Å². The minimum Gasteiger partial charge on any atom is -0.486 e. The number of hydrogen-bond acceptors (Lipinski definition) is 3. The van der Waals surface area contributed by atoms with Gasteiger partial charge >= 0.3 is 0 Å². The maximum absolute atomic E-state index is 5.59. The van der Waals surface area contributed by atoms with Gasteiger partial charge in [-0.25, -0.2) is 0 Å². The molecule has 0 aromatic heterocycles. The van der Waals surface area contributed by atoms with E-state index in [1.54, 1.807) is 0 Å². The molecule has 1 aliphatic heterocycles. The fourth-order valence-corrected chi connectivity index (χ4v) is 1.52. The van der Waals surface area contributed by atoms with Crippen LogP contribution in [0.1, 0.15) is 11.1 Å². The van der Waals surface area contributed by atoms with Crippen LogP contribution in [0.4, 0.5) is 0 Å². The minimum atomic E-state index is 0.544. The summed E-state index contributed by atoms with van der Waals surface area (Å²) in [5.74, 6) is 1.69. The van der Waals surface area contributed by atoms with Crippen molar-refractivity contribution in [2.24, 2.45) is 5.73 Å². The van der Waals surface area contributed by atoms with Crippen LogP contribution < -0.4 is 15.2 Å². The largest absolute Gasteiger partial charge is 0.486 e. The molecule has 0 unspecified atom stereocenters. The second-order valence-corrected chi connectivity index (χ2v) is 3.08. The molecule has 3 heteroatoms. The first-order valence-electron chi connectivity index (χ1n) is 4.41. The molecule has 0 spiro atoms. The SMILES string of the molecule is Cc1c(CN)ccc2c1OCCO2. The molecule has 0 saturated carbocycles. The van der Waals surface area contributed by atoms with Crippen molar-refractivity contribution in [3.05, 3.63) is 23.3 Å². The van der Waals surface area contributed by atoms with E-state index in [0.29, 0.717) is 19.8 Å². The second-order valence-electron chi connectivity index (χ2n) is 3.08. The molecule has 3 nitrogen and oxygen atoms in total. The maximum atomic E-state index is 5.59. The molecule has 2 rings (SSSR count). The summed E-state index contributed by atoms with van der Waals surface area (Å²) in [7, 11) is 0. The van der Waals surface area contributed by atoms with Crippen molar-refractivity contribution in [3.63, 3.8) is 0 Å². The van der Waals surface area contributed by atoms with E-state index in [9.17, 15) is 0 Å². The molecule has 0 fully saturated rings. The fourth-order valence-electron chi connectivity index (χ4n) is 1.52. The Bertz CT molecular complexity index is 323. The first-order chi connectivity index (χ1) is 6.33. The molecule has 1 aliphatic rings. The Morgan fingerprint density at radius 1 is 1.31 bits per heavy atom. The van der Waals surface area contributed by atoms with Crippen molar-refractivity contribution >= 4 is 0 Å². The molecule has 0 radical (unpaired) electrons. The van der Waals surface area contributed by atoms with Gasteiger partial charge in [0.05, 0.1) is 0 Å². The van der Waals surface area contributed by atoms with E-state index in [4.69, 9.17) is 15.2 Å². The van der Waals surface area contributed by atoms with Crippen molar-refractivity contribution in [2.45, 2.75) is 13.5 Å². The van der Waals surface area contributed by atoms with Gasteiger partial charge in [0.15, 0.2) is 11.5 Å². The highest BCUT2D eigenvalue weighted by atomic mass is 16.6. The van der Waals surface area contributed by atoms with Crippen LogP contribution in [0.15, 0.2) is 12.1 Å². The van der Waals surface area contributed by atoms with Gasteiger partial charge in [-0.15, -0.1) is 0 Å². The average Bonchev–Trinajstić information content (AvgIpc) is 2.19. The molecule has 13 heavy (non-hydrogen) atoms. The lowest BCUT2D eigenvalue weighted by molar-refractivity contribution is 0.170. The summed E-state index contributed by atoms with van der Waals surface area (Å²) in [5.41, 5.74) is 7.80. The summed E-state index contributed by atoms with van der Waals surface area (Å²) >= 11 is 0. The van der Waals surface area contributed by atoms with Crippen LogP contribution in [-0.4, -0.2) is 13.2 Å². The summed E-state index contributed by atoms with van der Waals surface area (Å²) in [4.78, 5) is 0. The molecule has 1 aromatic carbocycles. The second kappa shape index (κ2) is 3.26. The molecule has 1 aromatic rings. The summed E-state index contributed by atoms with van der Waals surface area (Å²) in [6.45, 7) is 3.81. The molecule has 2 N–H and O–H groups in total. The maximum Gasteiger partial charge on any atom is 0.164 e. The van der Waals surface area contributed by atoms with Crippen LogP contribution in [0.2, 0.25) is 0 Å². The minimum absolute atomic E-state index is 0.544. The number of fused-ring (bicyclic) bond motifs is 1. The molecular weight excluding hydrogens is 166 g/mol. The van der Waals surface area contributed by atoms with E-state index in [0.717, 1.165) is 22.6 Å². The van der Waals surface area contributed by atoms with E-state index in [1.807, 2.05) is 19.1 Å². The molecule has 70 valence electrons. The quantitative estimate of drug-likeness (QED) is 0.705. The van der Waals surface area contributed by atoms with E-state index in [1.165, 1.54) is 0 Å². The normalized spacial score (nSPS) is 14.3. The molecule has 0 bridgehead atoms. The van der Waals surface area contributed by atoms with Gasteiger partial charge in [0.1, 0.15) is 13.2 Å². The van der Waals surface area contributed by atoms with Crippen LogP contribution >= 0.6 is 0 Å². The third kappa shape index (κ3) is 1.35. The van der Waals surface area contributed by atoms with Crippen LogP contribution in [-0.2, 0) is 6.54 Å². The van der Waals surface area contributed by atoms with Crippen molar-refractivity contribution < 1.29 is 9.47 Å². The van der Waals surface area contributed by atoms with E-state index < -0.39 is 0 Å². The lowest BCUT2D eigenvalue weighted by Crippen LogP contribution is -2.17. The summed E-state index contributed by atoms with van der Waals surface area (Å²) in [5, 5.41) is 0. The van der Waals surface area contributed by atoms with Gasteiger partial charge in [-0.3, -0.25) is 0 Å². The standard InChI is InChI=1S/C10H13NO2/c1-7-8(6-11)2-3-9-10(7)13-5-4-12-9/h2-3H,4-6,11H2,1H3. The molecule has 1 heterocycles. The van der Waals surface area contributed by atoms with Gasteiger partial charge < -0.3 is 15.2 Å². The molecule has 0 aliphatic carbocycles. The highest BCUT2D eigenvalue weighted by Gasteiger charge is 2.15. The van der Waals surface area contributed by atoms with Gasteiger partial charge in [0.25, 0.3) is 0 Å². The number of hydrogen-bond donors (Lipinski definition) is 1. The zero-order valence-electron chi connectivity index (χ0n) is 7.67. The van der Waals surface area contributed by atoms with Gasteiger partial charge in [0, 0.05) is 6.54 Å². The van der Waals surface area contributed by atoms with Gasteiger partial charge in [0.2, 0.25) is 0 Å². The topological polar surface area (TPSA) is 44.5 Å². The zero-order chi connectivity index (χ0) is 9.26. The molecule has 0 amide bonds. The van der Waals surface area contributed by atoms with Gasteiger partial charge in [-0.2, -0.15) is 0 Å². The Kier molecular flexibility index (Phi) is 2.10. The van der Waals surface area contributed by atoms with E-state index in [2.05, 4.69) is 0 Å². The Hall–Kier alpha value is -1.22. The Morgan fingerprint density at radius 3 is 2.85 bits per heavy atom. The van der Waals surface area contributed by atoms with Crippen LogP contribution in [0.5, 0.6) is 11.5 Å². The van der Waals surface area contributed by atoms with E-state index >= 15 is 0 Å². The van der Waals surface area contributed by atoms with Crippen molar-refractivity contribution in [2.75, 3.05) is 13.2 Å². The molecule has 0 saturated heterocycles. The summed E-state index contributed by atoms with van der Waals surface area (Å²) < 4.78 is 11.0. The lowest BCUT2D eigenvalue weighted by Gasteiger charge is -2.21. The highest BCUT2D eigenvalue weighted by molar-refractivity contribution is 5.50. The first kappa shape index (κ1) is 8.38. The fraction of sp³-hybridized carbons (Fsp3) is 0.400. The molecular formula is C10H13NO2. The number of rotatable bonds is 1. The zero-order valence-corrected chi connectivity index (χ0v) is 7.67. The number of nitrogens with two attached hydrogens (primary N) is 1. The van der Waals surface area contributed by atoms with Crippen molar-refractivity contribution in [1.82, 2.24) is 0 Å². The predicted octanol–water partition coefficient (Wildman–Crippen LogP) is 1.22. The smallest absolute Gasteiger partial charge is 0.164 e. The van der Waals surface area contributed by atoms with Gasteiger partial charge in [-0.1, -0.05) is 6.07 Å². The van der Waals surface area contributed by atoms with Crippen molar-refractivity contribution in [3.8, 4) is 11.5 Å². The average molecular weight is 179 g/mol. The molecule has 0 atom stereocenters. The number of benzene rings is 1. The number of ether oxygens (including phenoxy) is 2. The third-order valence-corrected chi connectivity index (χ3v) is 2.29. The monoisotopic (exact) mass is 179 g/mol. The summed E-state index contributed by atoms with van der Waals surface area (Å²) in [6, 6.07) is 3.91. The Morgan fingerprint density at radius 2 is 2.08 bits per heavy atom. The van der Waals surface area contributed by atoms with Crippen LogP contribution in [0.3, 0.4) is 0 Å². The first-order valence-corrected chi connectivity index (χ1v) is 4.41. The Balaban J connectivity index is 2.48.